The lowest BCUT2D eigenvalue weighted by molar-refractivity contribution is -0.140. The minimum absolute atomic E-state index is 0. The Bertz CT molecular complexity index is 441. The SMILES string of the molecule is I.O=S(=O)(O)c1ccccc1C(F)(F)F. The third kappa shape index (κ3) is 3.61. The maximum absolute atomic E-state index is 12.2. The molecule has 0 radical (unpaired) electrons. The fourth-order valence-electron chi connectivity index (χ4n) is 0.926. The average molecular weight is 354 g/mol. The van der Waals surface area contributed by atoms with Crippen LogP contribution in [0.3, 0.4) is 0 Å². The van der Waals surface area contributed by atoms with Crippen LogP contribution in [0.15, 0.2) is 29.2 Å². The zero-order valence-corrected chi connectivity index (χ0v) is 10.2. The number of benzene rings is 1. The second-order valence-corrected chi connectivity index (χ2v) is 3.86. The molecule has 1 aromatic carbocycles. The van der Waals surface area contributed by atoms with Gasteiger partial charge in [-0.1, -0.05) is 12.1 Å². The van der Waals surface area contributed by atoms with Gasteiger partial charge >= 0.3 is 6.18 Å². The normalized spacial score (nSPS) is 12.0. The van der Waals surface area contributed by atoms with Crippen molar-refractivity contribution in [1.29, 1.82) is 0 Å². The number of hydrogen-bond donors (Lipinski definition) is 1. The van der Waals surface area contributed by atoms with Crippen molar-refractivity contribution in [3.8, 4) is 0 Å². The molecule has 3 nitrogen and oxygen atoms in total. The minimum atomic E-state index is -4.84. The van der Waals surface area contributed by atoms with Gasteiger partial charge in [0.15, 0.2) is 0 Å². The highest BCUT2D eigenvalue weighted by atomic mass is 127. The molecule has 0 amide bonds. The molecule has 0 aliphatic carbocycles. The molecule has 0 aliphatic heterocycles. The first kappa shape index (κ1) is 14.6. The topological polar surface area (TPSA) is 54.4 Å². The van der Waals surface area contributed by atoms with Gasteiger partial charge in [0, 0.05) is 0 Å². The van der Waals surface area contributed by atoms with Crippen molar-refractivity contribution in [2.24, 2.45) is 0 Å². The van der Waals surface area contributed by atoms with E-state index in [0.29, 0.717) is 12.1 Å². The molecule has 1 rings (SSSR count). The largest absolute Gasteiger partial charge is 0.417 e. The van der Waals surface area contributed by atoms with Gasteiger partial charge in [-0.15, -0.1) is 24.0 Å². The van der Waals surface area contributed by atoms with Gasteiger partial charge in [-0.2, -0.15) is 21.6 Å². The van der Waals surface area contributed by atoms with Crippen molar-refractivity contribution in [2.75, 3.05) is 0 Å². The van der Waals surface area contributed by atoms with Crippen molar-refractivity contribution in [2.45, 2.75) is 11.1 Å². The number of halogens is 4. The van der Waals surface area contributed by atoms with E-state index in [2.05, 4.69) is 0 Å². The van der Waals surface area contributed by atoms with E-state index in [4.69, 9.17) is 4.55 Å². The van der Waals surface area contributed by atoms with Gasteiger partial charge in [-0.05, 0) is 12.1 Å². The summed E-state index contributed by atoms with van der Waals surface area (Å²) in [7, 11) is -4.84. The maximum Gasteiger partial charge on any atom is 0.417 e. The van der Waals surface area contributed by atoms with Crippen molar-refractivity contribution in [3.05, 3.63) is 29.8 Å². The standard InChI is InChI=1S/C7H5F3O3S.HI/c8-7(9,10)5-3-1-2-4-6(5)14(11,12)13;/h1-4H,(H,11,12,13);1H. The third-order valence-electron chi connectivity index (χ3n) is 1.47. The predicted molar refractivity (Wildman–Crippen MR) is 56.7 cm³/mol. The molecule has 0 fully saturated rings. The molecule has 0 bridgehead atoms. The highest BCUT2D eigenvalue weighted by Gasteiger charge is 2.36. The number of alkyl halides is 3. The zero-order valence-electron chi connectivity index (χ0n) is 7.02. The molecule has 0 heterocycles. The molecule has 86 valence electrons. The van der Waals surface area contributed by atoms with Gasteiger partial charge in [-0.3, -0.25) is 4.55 Å². The first-order valence-corrected chi connectivity index (χ1v) is 4.80. The van der Waals surface area contributed by atoms with Gasteiger partial charge in [0.2, 0.25) is 0 Å². The van der Waals surface area contributed by atoms with E-state index in [1.807, 2.05) is 0 Å². The highest BCUT2D eigenvalue weighted by molar-refractivity contribution is 14.0. The van der Waals surface area contributed by atoms with Gasteiger partial charge in [-0.25, -0.2) is 0 Å². The van der Waals surface area contributed by atoms with E-state index in [-0.39, 0.29) is 24.0 Å². The quantitative estimate of drug-likeness (QED) is 0.623. The number of hydrogen-bond acceptors (Lipinski definition) is 2. The van der Waals surface area contributed by atoms with Crippen molar-refractivity contribution in [1.82, 2.24) is 0 Å². The number of rotatable bonds is 1. The third-order valence-corrected chi connectivity index (χ3v) is 2.38. The molecule has 1 N–H and O–H groups in total. The smallest absolute Gasteiger partial charge is 0.282 e. The fraction of sp³-hybridized carbons (Fsp3) is 0.143. The Morgan fingerprint density at radius 3 is 1.93 bits per heavy atom. The van der Waals surface area contributed by atoms with E-state index in [1.54, 1.807) is 0 Å². The van der Waals surface area contributed by atoms with E-state index in [9.17, 15) is 21.6 Å². The molecule has 0 spiro atoms. The molecule has 0 aliphatic rings. The molecule has 0 saturated heterocycles. The first-order valence-electron chi connectivity index (χ1n) is 3.36. The molecule has 0 unspecified atom stereocenters. The summed E-state index contributed by atoms with van der Waals surface area (Å²) in [6, 6.07) is 3.41. The van der Waals surface area contributed by atoms with E-state index in [1.165, 1.54) is 0 Å². The van der Waals surface area contributed by atoms with Gasteiger partial charge < -0.3 is 0 Å². The van der Waals surface area contributed by atoms with Crippen LogP contribution in [0.5, 0.6) is 0 Å². The summed E-state index contributed by atoms with van der Waals surface area (Å²) in [4.78, 5) is -1.13. The van der Waals surface area contributed by atoms with Crippen LogP contribution < -0.4 is 0 Å². The summed E-state index contributed by atoms with van der Waals surface area (Å²) in [6.45, 7) is 0. The van der Waals surface area contributed by atoms with E-state index < -0.39 is 26.8 Å². The fourth-order valence-corrected chi connectivity index (χ4v) is 1.64. The molecular weight excluding hydrogens is 348 g/mol. The van der Waals surface area contributed by atoms with Crippen LogP contribution in [-0.4, -0.2) is 13.0 Å². The Kier molecular flexibility index (Phi) is 4.55. The molecule has 15 heavy (non-hydrogen) atoms. The Balaban J connectivity index is 0.00000196. The summed E-state index contributed by atoms with van der Waals surface area (Å²) in [6.07, 6.45) is -4.80. The van der Waals surface area contributed by atoms with E-state index in [0.717, 1.165) is 12.1 Å². The van der Waals surface area contributed by atoms with Crippen molar-refractivity contribution < 1.29 is 26.1 Å². The summed E-state index contributed by atoms with van der Waals surface area (Å²) < 4.78 is 66.2. The second-order valence-electron chi connectivity index (χ2n) is 2.47. The van der Waals surface area contributed by atoms with Gasteiger partial charge in [0.05, 0.1) is 5.56 Å². The second kappa shape index (κ2) is 4.66. The van der Waals surface area contributed by atoms with Crippen LogP contribution in [-0.2, 0) is 16.3 Å². The molecular formula is C7H6F3IO3S. The van der Waals surface area contributed by atoms with Crippen molar-refractivity contribution >= 4 is 34.1 Å². The predicted octanol–water partition coefficient (Wildman–Crippen LogP) is 2.57. The van der Waals surface area contributed by atoms with Crippen LogP contribution in [0.2, 0.25) is 0 Å². The summed E-state index contributed by atoms with van der Waals surface area (Å²) in [5.41, 5.74) is -1.37. The Hall–Kier alpha value is -0.350. The lowest BCUT2D eigenvalue weighted by atomic mass is 10.2. The Labute approximate surface area is 101 Å². The molecule has 8 heteroatoms. The lowest BCUT2D eigenvalue weighted by Gasteiger charge is -2.09. The Morgan fingerprint density at radius 1 is 1.13 bits per heavy atom. The molecule has 0 aromatic heterocycles. The monoisotopic (exact) mass is 354 g/mol. The van der Waals surface area contributed by atoms with Crippen LogP contribution in [0, 0.1) is 0 Å². The first-order chi connectivity index (χ1) is 6.23. The van der Waals surface area contributed by atoms with Gasteiger partial charge in [0.1, 0.15) is 4.90 Å². The van der Waals surface area contributed by atoms with Crippen LogP contribution in [0.25, 0.3) is 0 Å². The van der Waals surface area contributed by atoms with Crippen molar-refractivity contribution in [3.63, 3.8) is 0 Å². The molecule has 1 aromatic rings. The Morgan fingerprint density at radius 2 is 1.60 bits per heavy atom. The van der Waals surface area contributed by atoms with Crippen LogP contribution in [0.4, 0.5) is 13.2 Å². The maximum atomic E-state index is 12.2. The molecule has 0 saturated carbocycles. The minimum Gasteiger partial charge on any atom is -0.282 e. The summed E-state index contributed by atoms with van der Waals surface area (Å²) in [5.74, 6) is 0. The highest BCUT2D eigenvalue weighted by Crippen LogP contribution is 2.33. The zero-order chi connectivity index (χ0) is 11.0. The van der Waals surface area contributed by atoms with Crippen LogP contribution in [0.1, 0.15) is 5.56 Å². The van der Waals surface area contributed by atoms with Gasteiger partial charge in [0.25, 0.3) is 10.1 Å². The summed E-state index contributed by atoms with van der Waals surface area (Å²) in [5, 5.41) is 0. The average Bonchev–Trinajstić information content (AvgIpc) is 2.01. The summed E-state index contributed by atoms with van der Waals surface area (Å²) >= 11 is 0. The van der Waals surface area contributed by atoms with E-state index >= 15 is 0 Å². The van der Waals surface area contributed by atoms with Crippen LogP contribution >= 0.6 is 24.0 Å². The lowest BCUT2D eigenvalue weighted by Crippen LogP contribution is -2.12. The molecule has 0 atom stereocenters.